The zero-order chi connectivity index (χ0) is 15.4. The molecule has 0 radical (unpaired) electrons. The highest BCUT2D eigenvalue weighted by atomic mass is 19.3. The molecule has 0 aromatic heterocycles. The summed E-state index contributed by atoms with van der Waals surface area (Å²) < 4.78 is 47.4. The van der Waals surface area contributed by atoms with E-state index in [1.807, 2.05) is 0 Å². The van der Waals surface area contributed by atoms with Gasteiger partial charge in [-0.05, 0) is 12.0 Å². The normalized spacial score (nSPS) is 16.5. The summed E-state index contributed by atoms with van der Waals surface area (Å²) in [4.78, 5) is 10.2. The Hall–Kier alpha value is -2.09. The summed E-state index contributed by atoms with van der Waals surface area (Å²) in [5.41, 5.74) is 0.320. The Kier molecular flexibility index (Phi) is 4.79. The fraction of sp³-hybridized carbons (Fsp3) is 0.385. The molecule has 0 N–H and O–H groups in total. The Labute approximate surface area is 118 Å². The molecule has 1 aliphatic rings. The van der Waals surface area contributed by atoms with E-state index in [0.717, 1.165) is 6.07 Å². The monoisotopic (exact) mass is 303 g/mol. The first-order chi connectivity index (χ1) is 10.0. The van der Waals surface area contributed by atoms with Crippen LogP contribution in [0, 0.1) is 10.1 Å². The molecule has 1 aromatic rings. The largest absolute Gasteiger partial charge is 0.447 e. The summed E-state index contributed by atoms with van der Waals surface area (Å²) in [6, 6.07) is 3.95. The van der Waals surface area contributed by atoms with Gasteiger partial charge in [-0.1, -0.05) is 18.2 Å². The van der Waals surface area contributed by atoms with E-state index in [0.29, 0.717) is 25.2 Å². The fourth-order valence-electron chi connectivity index (χ4n) is 1.98. The van der Waals surface area contributed by atoms with Crippen LogP contribution in [0.15, 0.2) is 24.3 Å². The number of benzene rings is 1. The number of ether oxygens (including phenoxy) is 2. The molecule has 1 aliphatic heterocycles. The highest BCUT2D eigenvalue weighted by Gasteiger charge is 2.28. The molecule has 1 aromatic carbocycles. The van der Waals surface area contributed by atoms with Crippen LogP contribution in [-0.4, -0.2) is 30.9 Å². The van der Waals surface area contributed by atoms with Crippen LogP contribution in [0.25, 0.3) is 5.57 Å². The minimum atomic E-state index is -3.39. The molecular formula is C13H12F3NO4. The van der Waals surface area contributed by atoms with Gasteiger partial charge in [0, 0.05) is 11.6 Å². The Morgan fingerprint density at radius 3 is 2.67 bits per heavy atom. The van der Waals surface area contributed by atoms with Crippen LogP contribution in [0.5, 0.6) is 5.75 Å². The molecule has 0 saturated carbocycles. The first kappa shape index (κ1) is 15.3. The number of hydrogen-bond acceptors (Lipinski definition) is 4. The van der Waals surface area contributed by atoms with E-state index in [2.05, 4.69) is 4.74 Å². The minimum Gasteiger partial charge on any atom is -0.447 e. The highest BCUT2D eigenvalue weighted by Crippen LogP contribution is 2.38. The molecule has 1 unspecified atom stereocenters. The number of hydrogen-bond donors (Lipinski definition) is 0. The second kappa shape index (κ2) is 6.57. The Balaban J connectivity index is 2.46. The van der Waals surface area contributed by atoms with Gasteiger partial charge >= 0.3 is 12.1 Å². The lowest BCUT2D eigenvalue weighted by Gasteiger charge is -2.18. The number of halogens is 3. The number of alkyl halides is 3. The van der Waals surface area contributed by atoms with Gasteiger partial charge in [0.2, 0.25) is 5.75 Å². The maximum atomic E-state index is 13.2. The van der Waals surface area contributed by atoms with Crippen molar-refractivity contribution in [2.75, 3.05) is 13.2 Å². The lowest BCUT2D eigenvalue weighted by atomic mass is 10.00. The van der Waals surface area contributed by atoms with Crippen molar-refractivity contribution in [3.63, 3.8) is 0 Å². The summed E-state index contributed by atoms with van der Waals surface area (Å²) in [6.45, 7) is 0.688. The van der Waals surface area contributed by atoms with Crippen LogP contribution >= 0.6 is 0 Å². The van der Waals surface area contributed by atoms with Crippen LogP contribution < -0.4 is 4.74 Å². The van der Waals surface area contributed by atoms with Gasteiger partial charge in [0.25, 0.3) is 6.36 Å². The van der Waals surface area contributed by atoms with Crippen LogP contribution in [-0.2, 0) is 4.74 Å². The van der Waals surface area contributed by atoms with Crippen molar-refractivity contribution in [3.05, 3.63) is 40.0 Å². The molecule has 21 heavy (non-hydrogen) atoms. The van der Waals surface area contributed by atoms with Gasteiger partial charge in [-0.2, -0.15) is 4.39 Å². The average molecular weight is 303 g/mol. The van der Waals surface area contributed by atoms with E-state index in [9.17, 15) is 23.3 Å². The number of rotatable bonds is 5. The molecule has 5 nitrogen and oxygen atoms in total. The quantitative estimate of drug-likeness (QED) is 0.618. The van der Waals surface area contributed by atoms with Crippen LogP contribution in [0.3, 0.4) is 0 Å². The fourth-order valence-corrected chi connectivity index (χ4v) is 1.98. The van der Waals surface area contributed by atoms with Crippen molar-refractivity contribution in [2.45, 2.75) is 19.2 Å². The van der Waals surface area contributed by atoms with Gasteiger partial charge in [-0.25, -0.2) is 8.78 Å². The number of nitrogens with zero attached hydrogens (tertiary/aromatic N) is 1. The Bertz CT molecular complexity index is 562. The van der Waals surface area contributed by atoms with Crippen molar-refractivity contribution in [3.8, 4) is 5.75 Å². The molecule has 0 aliphatic carbocycles. The summed E-state index contributed by atoms with van der Waals surface area (Å²) in [6.07, 6.45) is -4.22. The van der Waals surface area contributed by atoms with Crippen molar-refractivity contribution in [1.29, 1.82) is 0 Å². The first-order valence-corrected chi connectivity index (χ1v) is 6.14. The highest BCUT2D eigenvalue weighted by molar-refractivity contribution is 5.75. The predicted molar refractivity (Wildman–Crippen MR) is 68.0 cm³/mol. The zero-order valence-electron chi connectivity index (χ0n) is 10.8. The van der Waals surface area contributed by atoms with Crippen molar-refractivity contribution < 1.29 is 27.6 Å². The molecule has 0 amide bonds. The van der Waals surface area contributed by atoms with E-state index in [4.69, 9.17) is 4.74 Å². The van der Waals surface area contributed by atoms with Gasteiger partial charge in [0.15, 0.2) is 0 Å². The number of nitro benzene ring substituents is 1. The molecule has 0 fully saturated rings. The van der Waals surface area contributed by atoms with Crippen LogP contribution in [0.4, 0.5) is 18.9 Å². The third-order valence-electron chi connectivity index (χ3n) is 2.93. The molecule has 8 heteroatoms. The van der Waals surface area contributed by atoms with Gasteiger partial charge in [-0.3, -0.25) is 10.1 Å². The van der Waals surface area contributed by atoms with Crippen LogP contribution in [0.1, 0.15) is 12.0 Å². The van der Waals surface area contributed by atoms with Crippen molar-refractivity contribution >= 4 is 11.3 Å². The smallest absolute Gasteiger partial charge is 0.311 e. The van der Waals surface area contributed by atoms with Gasteiger partial charge in [0.1, 0.15) is 0 Å². The molecule has 0 saturated heterocycles. The molecule has 1 atom stereocenters. The Morgan fingerprint density at radius 1 is 1.33 bits per heavy atom. The maximum absolute atomic E-state index is 13.2. The summed E-state index contributed by atoms with van der Waals surface area (Å²) in [5.74, 6) is -0.483. The topological polar surface area (TPSA) is 61.6 Å². The minimum absolute atomic E-state index is 0.232. The third-order valence-corrected chi connectivity index (χ3v) is 2.93. The van der Waals surface area contributed by atoms with Gasteiger partial charge in [0.05, 0.1) is 18.1 Å². The number of nitro groups is 1. The maximum Gasteiger partial charge on any atom is 0.311 e. The SMILES string of the molecule is O=[N+]([O-])c1cccc(C2=CCOCC2)c1OC(F)C(F)F. The van der Waals surface area contributed by atoms with Crippen molar-refractivity contribution in [1.82, 2.24) is 0 Å². The zero-order valence-corrected chi connectivity index (χ0v) is 10.8. The van der Waals surface area contributed by atoms with Gasteiger partial charge < -0.3 is 9.47 Å². The molecule has 0 bridgehead atoms. The molecular weight excluding hydrogens is 291 g/mol. The van der Waals surface area contributed by atoms with Crippen LogP contribution in [0.2, 0.25) is 0 Å². The van der Waals surface area contributed by atoms with E-state index in [1.54, 1.807) is 6.08 Å². The van der Waals surface area contributed by atoms with E-state index in [1.165, 1.54) is 12.1 Å². The second-order valence-corrected chi connectivity index (χ2v) is 4.27. The first-order valence-electron chi connectivity index (χ1n) is 6.14. The molecule has 114 valence electrons. The summed E-state index contributed by atoms with van der Waals surface area (Å²) in [7, 11) is 0. The van der Waals surface area contributed by atoms with Gasteiger partial charge in [-0.15, -0.1) is 0 Å². The van der Waals surface area contributed by atoms with E-state index < -0.39 is 29.1 Å². The molecule has 1 heterocycles. The second-order valence-electron chi connectivity index (χ2n) is 4.27. The lowest BCUT2D eigenvalue weighted by Crippen LogP contribution is -2.21. The molecule has 2 rings (SSSR count). The third kappa shape index (κ3) is 3.52. The van der Waals surface area contributed by atoms with E-state index >= 15 is 0 Å². The number of para-hydroxylation sites is 1. The van der Waals surface area contributed by atoms with Crippen molar-refractivity contribution in [2.24, 2.45) is 0 Å². The predicted octanol–water partition coefficient (Wildman–Crippen LogP) is 3.34. The summed E-state index contributed by atoms with van der Waals surface area (Å²) in [5, 5.41) is 11.0. The standard InChI is InChI=1S/C13H12F3NO4/c14-12(15)13(16)21-11-9(8-4-6-20-7-5-8)2-1-3-10(11)17(18)19/h1-4,12-13H,5-7H2. The van der Waals surface area contributed by atoms with E-state index in [-0.39, 0.29) is 5.56 Å². The Morgan fingerprint density at radius 2 is 2.10 bits per heavy atom. The average Bonchev–Trinajstić information content (AvgIpc) is 2.48. The lowest BCUT2D eigenvalue weighted by molar-refractivity contribution is -0.386. The summed E-state index contributed by atoms with van der Waals surface area (Å²) >= 11 is 0. The molecule has 0 spiro atoms.